The van der Waals surface area contributed by atoms with Crippen molar-refractivity contribution in [2.45, 2.75) is 53.4 Å². The normalized spacial score (nSPS) is 29.8. The van der Waals surface area contributed by atoms with E-state index in [4.69, 9.17) is 5.73 Å². The summed E-state index contributed by atoms with van der Waals surface area (Å²) in [6.45, 7) is 5.04. The number of carboxylic acid groups (broad SMARTS) is 1. The molecule has 9 nitrogen and oxygen atoms in total. The van der Waals surface area contributed by atoms with E-state index in [9.17, 15) is 27.9 Å². The fraction of sp³-hybridized carbons (Fsp3) is 0.562. The van der Waals surface area contributed by atoms with Crippen LogP contribution in [-0.4, -0.2) is 64.2 Å². The molecule has 0 aromatic carbocycles. The van der Waals surface area contributed by atoms with Gasteiger partial charge in [-0.3, -0.25) is 9.59 Å². The van der Waals surface area contributed by atoms with E-state index in [0.29, 0.717) is 4.88 Å². The van der Waals surface area contributed by atoms with Crippen molar-refractivity contribution in [3.8, 4) is 0 Å². The molecule has 0 bridgehead atoms. The number of hydrogen-bond donors (Lipinski definition) is 3. The number of β-lactam (4-membered cyclic amide) rings is 1. The van der Waals surface area contributed by atoms with E-state index >= 15 is 0 Å². The van der Waals surface area contributed by atoms with Crippen LogP contribution in [0.2, 0.25) is 0 Å². The van der Waals surface area contributed by atoms with Crippen molar-refractivity contribution in [2.75, 3.05) is 6.26 Å². The number of nitrogens with one attached hydrogen (secondary N) is 1. The first-order valence-electron chi connectivity index (χ1n) is 8.29. The van der Waals surface area contributed by atoms with Crippen molar-refractivity contribution in [3.05, 3.63) is 16.3 Å². The number of sulfone groups is 1. The Hall–Kier alpha value is -1.63. The van der Waals surface area contributed by atoms with Crippen LogP contribution < -0.4 is 11.1 Å². The Morgan fingerprint density at radius 2 is 1.96 bits per heavy atom. The molecular weight excluding hydrogens is 426 g/mol. The van der Waals surface area contributed by atoms with Gasteiger partial charge < -0.3 is 21.1 Å². The summed E-state index contributed by atoms with van der Waals surface area (Å²) in [6, 6.07) is -0.785. The molecule has 2 saturated heterocycles. The SMILES string of the molecule is CC1(C)S[C@H]2N(C(=O)[C@]2(C)NC(=O)C(N)c2cc(S(C)(=O)=O)cs2)[C@H]1C(=O)O. The highest BCUT2D eigenvalue weighted by atomic mass is 32.2. The number of hydrogen-bond acceptors (Lipinski definition) is 8. The molecule has 3 heterocycles. The minimum Gasteiger partial charge on any atom is -0.480 e. The molecule has 0 radical (unpaired) electrons. The van der Waals surface area contributed by atoms with Crippen molar-refractivity contribution < 1.29 is 27.9 Å². The van der Waals surface area contributed by atoms with Gasteiger partial charge in [-0.15, -0.1) is 23.1 Å². The molecule has 28 heavy (non-hydrogen) atoms. The van der Waals surface area contributed by atoms with Crippen molar-refractivity contribution in [3.63, 3.8) is 0 Å². The van der Waals surface area contributed by atoms with Gasteiger partial charge in [0.05, 0.1) is 4.90 Å². The highest BCUT2D eigenvalue weighted by Gasteiger charge is 2.70. The number of nitrogens with zero attached hydrogens (tertiary/aromatic N) is 1. The maximum absolute atomic E-state index is 12.7. The maximum atomic E-state index is 12.7. The van der Waals surface area contributed by atoms with E-state index in [0.717, 1.165) is 17.6 Å². The predicted octanol–water partition coefficient (Wildman–Crippen LogP) is 0.173. The molecule has 0 spiro atoms. The highest BCUT2D eigenvalue weighted by Crippen LogP contribution is 2.54. The summed E-state index contributed by atoms with van der Waals surface area (Å²) >= 11 is 2.36. The van der Waals surface area contributed by atoms with Crippen molar-refractivity contribution in [2.24, 2.45) is 5.73 Å². The zero-order valence-electron chi connectivity index (χ0n) is 15.6. The molecule has 2 fully saturated rings. The molecule has 0 aliphatic carbocycles. The van der Waals surface area contributed by atoms with Crippen molar-refractivity contribution in [1.29, 1.82) is 0 Å². The molecule has 2 amide bonds. The Kier molecular flexibility index (Phi) is 4.85. The van der Waals surface area contributed by atoms with Gasteiger partial charge in [-0.25, -0.2) is 13.2 Å². The van der Waals surface area contributed by atoms with Gasteiger partial charge in [0.15, 0.2) is 9.84 Å². The van der Waals surface area contributed by atoms with Gasteiger partial charge in [-0.2, -0.15) is 0 Å². The number of thiophene rings is 1. The largest absolute Gasteiger partial charge is 0.480 e. The van der Waals surface area contributed by atoms with Crippen LogP contribution in [0.15, 0.2) is 16.3 Å². The van der Waals surface area contributed by atoms with Crippen molar-refractivity contribution in [1.82, 2.24) is 10.2 Å². The van der Waals surface area contributed by atoms with Crippen LogP contribution in [0.4, 0.5) is 0 Å². The lowest BCUT2D eigenvalue weighted by Crippen LogP contribution is -2.78. The second-order valence-corrected chi connectivity index (χ2v) is 12.3. The summed E-state index contributed by atoms with van der Waals surface area (Å²) in [4.78, 5) is 38.7. The first-order valence-corrected chi connectivity index (χ1v) is 11.9. The van der Waals surface area contributed by atoms with Gasteiger partial charge in [0, 0.05) is 21.3 Å². The third-order valence-electron chi connectivity index (χ3n) is 5.01. The number of thioether (sulfide) groups is 1. The van der Waals surface area contributed by atoms with Crippen LogP contribution in [-0.2, 0) is 24.2 Å². The van der Waals surface area contributed by atoms with E-state index in [2.05, 4.69) is 5.32 Å². The second-order valence-electron chi connectivity index (χ2n) is 7.65. The molecule has 12 heteroatoms. The Morgan fingerprint density at radius 3 is 2.46 bits per heavy atom. The number of fused-ring (bicyclic) bond motifs is 1. The topological polar surface area (TPSA) is 147 Å². The number of carbonyl (C=O) groups is 3. The average molecular weight is 448 g/mol. The fourth-order valence-electron chi connectivity index (χ4n) is 3.49. The zero-order chi connectivity index (χ0) is 21.2. The zero-order valence-corrected chi connectivity index (χ0v) is 18.1. The minimum atomic E-state index is -3.41. The quantitative estimate of drug-likeness (QED) is 0.541. The van der Waals surface area contributed by atoms with Gasteiger partial charge in [-0.05, 0) is 26.8 Å². The van der Waals surface area contributed by atoms with Gasteiger partial charge in [0.25, 0.3) is 5.91 Å². The summed E-state index contributed by atoms with van der Waals surface area (Å²) in [6.07, 6.45) is 1.06. The molecule has 0 saturated carbocycles. The fourth-order valence-corrected chi connectivity index (χ4v) is 7.17. The van der Waals surface area contributed by atoms with E-state index in [1.54, 1.807) is 20.8 Å². The average Bonchev–Trinajstić information content (AvgIpc) is 3.15. The number of carbonyl (C=O) groups excluding carboxylic acids is 2. The lowest BCUT2D eigenvalue weighted by molar-refractivity contribution is -0.168. The Labute approximate surface area is 170 Å². The monoisotopic (exact) mass is 447 g/mol. The van der Waals surface area contributed by atoms with Crippen LogP contribution in [0, 0.1) is 0 Å². The third-order valence-corrected chi connectivity index (χ3v) is 9.02. The molecule has 154 valence electrons. The first-order chi connectivity index (χ1) is 12.7. The van der Waals surface area contributed by atoms with Crippen LogP contribution in [0.3, 0.4) is 0 Å². The van der Waals surface area contributed by atoms with Gasteiger partial charge >= 0.3 is 5.97 Å². The van der Waals surface area contributed by atoms with Crippen molar-refractivity contribution >= 4 is 50.7 Å². The molecular formula is C16H21N3O6S3. The van der Waals surface area contributed by atoms with Gasteiger partial charge in [0.2, 0.25) is 5.91 Å². The summed E-state index contributed by atoms with van der Waals surface area (Å²) in [5.41, 5.74) is 4.69. The van der Waals surface area contributed by atoms with Crippen LogP contribution in [0.25, 0.3) is 0 Å². The number of aliphatic carboxylic acids is 1. The predicted molar refractivity (Wildman–Crippen MR) is 105 cm³/mol. The summed E-state index contributed by atoms with van der Waals surface area (Å²) in [5, 5.41) is 13.0. The molecule has 1 aromatic heterocycles. The smallest absolute Gasteiger partial charge is 0.327 e. The standard InChI is InChI=1S/C16H21N3O6S3/c1-15(2)10(12(21)22)19-13(23)16(3,14(19)27-15)18-11(20)9(17)8-5-7(6-26-8)28(4,24)25/h5-6,9-10,14H,17H2,1-4H3,(H,18,20)(H,21,22)/t9?,10-,14+,16-/m0/s1. The molecule has 2 aliphatic rings. The lowest BCUT2D eigenvalue weighted by Gasteiger charge is -2.51. The minimum absolute atomic E-state index is 0.0743. The van der Waals surface area contributed by atoms with E-state index in [-0.39, 0.29) is 4.90 Å². The Bertz CT molecular complexity index is 972. The lowest BCUT2D eigenvalue weighted by atomic mass is 9.86. The first kappa shape index (κ1) is 21.1. The van der Waals surface area contributed by atoms with E-state index in [1.165, 1.54) is 28.1 Å². The number of carboxylic acids is 1. The van der Waals surface area contributed by atoms with E-state index in [1.807, 2.05) is 0 Å². The van der Waals surface area contributed by atoms with Gasteiger partial charge in [0.1, 0.15) is 23.0 Å². The molecule has 1 unspecified atom stereocenters. The summed E-state index contributed by atoms with van der Waals surface area (Å²) < 4.78 is 22.5. The summed E-state index contributed by atoms with van der Waals surface area (Å²) in [7, 11) is -3.41. The van der Waals surface area contributed by atoms with Gasteiger partial charge in [-0.1, -0.05) is 0 Å². The molecule has 2 aliphatic heterocycles. The van der Waals surface area contributed by atoms with E-state index < -0.39 is 55.4 Å². The maximum Gasteiger partial charge on any atom is 0.327 e. The summed E-state index contributed by atoms with van der Waals surface area (Å²) in [5.74, 6) is -2.20. The van der Waals surface area contributed by atoms with Crippen LogP contribution in [0.1, 0.15) is 31.7 Å². The Balaban J connectivity index is 1.78. The molecule has 1 aromatic rings. The Morgan fingerprint density at radius 1 is 1.36 bits per heavy atom. The molecule has 4 atom stereocenters. The highest BCUT2D eigenvalue weighted by molar-refractivity contribution is 8.01. The second kappa shape index (κ2) is 6.44. The number of rotatable bonds is 5. The van der Waals surface area contributed by atoms with Crippen LogP contribution >= 0.6 is 23.1 Å². The number of nitrogens with two attached hydrogens (primary N) is 1. The molecule has 4 N–H and O–H groups in total. The number of amides is 2. The van der Waals surface area contributed by atoms with Crippen LogP contribution in [0.5, 0.6) is 0 Å². The third kappa shape index (κ3) is 3.11. The molecule has 3 rings (SSSR count).